The van der Waals surface area contributed by atoms with Crippen molar-refractivity contribution in [3.05, 3.63) is 0 Å². The van der Waals surface area contributed by atoms with Crippen LogP contribution in [0.15, 0.2) is 0 Å². The van der Waals surface area contributed by atoms with Crippen LogP contribution in [0.25, 0.3) is 0 Å². The Morgan fingerprint density at radius 3 is 2.31 bits per heavy atom. The fraction of sp³-hybridized carbons (Fsp3) is 0.750. The van der Waals surface area contributed by atoms with Gasteiger partial charge in [0.1, 0.15) is 0 Å². The van der Waals surface area contributed by atoms with Crippen LogP contribution in [0.4, 0.5) is 0 Å². The first-order chi connectivity index (χ1) is 6.04. The molecule has 0 aromatic rings. The molecule has 0 amide bonds. The van der Waals surface area contributed by atoms with Crippen LogP contribution in [-0.4, -0.2) is 36.7 Å². The van der Waals surface area contributed by atoms with Gasteiger partial charge < -0.3 is 15.2 Å². The summed E-state index contributed by atoms with van der Waals surface area (Å²) < 4.78 is 4.83. The van der Waals surface area contributed by atoms with Crippen LogP contribution in [-0.2, 0) is 14.3 Å². The maximum absolute atomic E-state index is 10.6. The van der Waals surface area contributed by atoms with Gasteiger partial charge in [0.2, 0.25) is 0 Å². The minimum atomic E-state index is -0.833. The highest BCUT2D eigenvalue weighted by Gasteiger charge is 2.45. The van der Waals surface area contributed by atoms with Crippen LogP contribution in [0, 0.1) is 5.41 Å². The number of aliphatic carboxylic acids is 1. The molecule has 5 nitrogen and oxygen atoms in total. The van der Waals surface area contributed by atoms with Gasteiger partial charge in [-0.3, -0.25) is 9.59 Å². The largest absolute Gasteiger partial charge is 0.481 e. The van der Waals surface area contributed by atoms with Gasteiger partial charge in [-0.2, -0.15) is 0 Å². The molecule has 0 unspecified atom stereocenters. The standard InChI is InChI=1S/C6H9NO2.C2H4O2/c8-5-1-6(4-9-5)2-7-3-6;1-2(3)4/h7H,1-4H2;1H3,(H,3,4). The minimum Gasteiger partial charge on any atom is -0.481 e. The fourth-order valence-electron chi connectivity index (χ4n) is 1.35. The van der Waals surface area contributed by atoms with Crippen molar-refractivity contribution in [1.82, 2.24) is 5.32 Å². The summed E-state index contributed by atoms with van der Waals surface area (Å²) in [6, 6.07) is 0. The van der Waals surface area contributed by atoms with Crippen LogP contribution >= 0.6 is 0 Å². The summed E-state index contributed by atoms with van der Waals surface area (Å²) in [4.78, 5) is 19.6. The lowest BCUT2D eigenvalue weighted by atomic mass is 9.81. The van der Waals surface area contributed by atoms with Crippen molar-refractivity contribution in [2.75, 3.05) is 19.7 Å². The van der Waals surface area contributed by atoms with Crippen molar-refractivity contribution in [3.63, 3.8) is 0 Å². The zero-order valence-corrected chi connectivity index (χ0v) is 7.50. The molecular weight excluding hydrogens is 174 g/mol. The third-order valence-electron chi connectivity index (χ3n) is 2.06. The third-order valence-corrected chi connectivity index (χ3v) is 2.06. The van der Waals surface area contributed by atoms with Crippen molar-refractivity contribution in [2.24, 2.45) is 5.41 Å². The van der Waals surface area contributed by atoms with E-state index < -0.39 is 5.97 Å². The van der Waals surface area contributed by atoms with E-state index in [1.807, 2.05) is 0 Å². The van der Waals surface area contributed by atoms with Crippen LogP contribution in [0.2, 0.25) is 0 Å². The lowest BCUT2D eigenvalue weighted by Crippen LogP contribution is -2.53. The molecular formula is C8H13NO4. The third kappa shape index (κ3) is 2.69. The normalized spacial score (nSPS) is 22.7. The van der Waals surface area contributed by atoms with Gasteiger partial charge in [-0.1, -0.05) is 0 Å². The smallest absolute Gasteiger partial charge is 0.306 e. The van der Waals surface area contributed by atoms with E-state index in [0.717, 1.165) is 20.0 Å². The number of nitrogens with one attached hydrogen (secondary N) is 1. The van der Waals surface area contributed by atoms with Crippen LogP contribution in [0.1, 0.15) is 13.3 Å². The number of carbonyl (C=O) groups is 2. The Morgan fingerprint density at radius 1 is 1.62 bits per heavy atom. The summed E-state index contributed by atoms with van der Waals surface area (Å²) >= 11 is 0. The zero-order chi connectivity index (χ0) is 9.90. The second-order valence-electron chi connectivity index (χ2n) is 3.46. The number of carboxylic acid groups (broad SMARTS) is 1. The molecule has 0 aromatic carbocycles. The van der Waals surface area contributed by atoms with Crippen molar-refractivity contribution in [2.45, 2.75) is 13.3 Å². The quantitative estimate of drug-likeness (QED) is 0.505. The molecule has 5 heteroatoms. The summed E-state index contributed by atoms with van der Waals surface area (Å²) in [6.45, 7) is 3.64. The molecule has 2 saturated heterocycles. The van der Waals surface area contributed by atoms with Gasteiger partial charge in [0.25, 0.3) is 5.97 Å². The lowest BCUT2D eigenvalue weighted by Gasteiger charge is -2.35. The van der Waals surface area contributed by atoms with E-state index >= 15 is 0 Å². The van der Waals surface area contributed by atoms with E-state index in [1.165, 1.54) is 0 Å². The molecule has 2 fully saturated rings. The molecule has 0 radical (unpaired) electrons. The molecule has 13 heavy (non-hydrogen) atoms. The molecule has 2 aliphatic heterocycles. The molecule has 74 valence electrons. The first-order valence-electron chi connectivity index (χ1n) is 4.10. The van der Waals surface area contributed by atoms with Crippen molar-refractivity contribution >= 4 is 11.9 Å². The molecule has 2 heterocycles. The fourth-order valence-corrected chi connectivity index (χ4v) is 1.35. The predicted octanol–water partition coefficient (Wildman–Crippen LogP) is -0.386. The molecule has 1 spiro atoms. The van der Waals surface area contributed by atoms with E-state index in [4.69, 9.17) is 14.6 Å². The SMILES string of the molecule is CC(=O)O.O=C1CC2(CNC2)CO1. The van der Waals surface area contributed by atoms with Crippen molar-refractivity contribution < 1.29 is 19.4 Å². The maximum atomic E-state index is 10.6. The molecule has 0 saturated carbocycles. The Kier molecular flexibility index (Phi) is 2.87. The van der Waals surface area contributed by atoms with E-state index in [1.54, 1.807) is 0 Å². The highest BCUT2D eigenvalue weighted by atomic mass is 16.5. The second kappa shape index (κ2) is 3.74. The first kappa shape index (κ1) is 9.98. The number of hydrogen-bond donors (Lipinski definition) is 2. The highest BCUT2D eigenvalue weighted by molar-refractivity contribution is 5.72. The Hall–Kier alpha value is -1.10. The second-order valence-corrected chi connectivity index (χ2v) is 3.46. The topological polar surface area (TPSA) is 75.6 Å². The number of cyclic esters (lactones) is 1. The highest BCUT2D eigenvalue weighted by Crippen LogP contribution is 2.32. The molecule has 2 N–H and O–H groups in total. The number of hydrogen-bond acceptors (Lipinski definition) is 4. The summed E-state index contributed by atoms with van der Waals surface area (Å²) in [5.74, 6) is -0.864. The molecule has 0 bridgehead atoms. The van der Waals surface area contributed by atoms with E-state index in [0.29, 0.717) is 13.0 Å². The summed E-state index contributed by atoms with van der Waals surface area (Å²) in [5, 5.41) is 10.5. The summed E-state index contributed by atoms with van der Waals surface area (Å²) in [6.07, 6.45) is 0.625. The zero-order valence-electron chi connectivity index (χ0n) is 7.50. The Labute approximate surface area is 76.1 Å². The van der Waals surface area contributed by atoms with Gasteiger partial charge in [0.05, 0.1) is 13.0 Å². The number of esters is 1. The first-order valence-corrected chi connectivity index (χ1v) is 4.10. The number of ether oxygens (including phenoxy) is 1. The minimum absolute atomic E-state index is 0.0310. The molecule has 0 atom stereocenters. The Morgan fingerprint density at radius 2 is 2.15 bits per heavy atom. The molecule has 0 aliphatic carbocycles. The van der Waals surface area contributed by atoms with Crippen LogP contribution in [0.5, 0.6) is 0 Å². The average molecular weight is 187 g/mol. The van der Waals surface area contributed by atoms with Crippen LogP contribution < -0.4 is 5.32 Å². The maximum Gasteiger partial charge on any atom is 0.306 e. The van der Waals surface area contributed by atoms with Gasteiger partial charge in [0.15, 0.2) is 0 Å². The Bertz CT molecular complexity index is 218. The van der Waals surface area contributed by atoms with Gasteiger partial charge >= 0.3 is 5.97 Å². The average Bonchev–Trinajstić information content (AvgIpc) is 2.29. The van der Waals surface area contributed by atoms with Crippen LogP contribution in [0.3, 0.4) is 0 Å². The van der Waals surface area contributed by atoms with Gasteiger partial charge in [0, 0.05) is 25.4 Å². The van der Waals surface area contributed by atoms with E-state index in [-0.39, 0.29) is 11.4 Å². The summed E-state index contributed by atoms with van der Waals surface area (Å²) in [7, 11) is 0. The molecule has 2 rings (SSSR count). The Balaban J connectivity index is 0.000000184. The number of carboxylic acids is 1. The van der Waals surface area contributed by atoms with Gasteiger partial charge in [-0.25, -0.2) is 0 Å². The number of carbonyl (C=O) groups excluding carboxylic acids is 1. The van der Waals surface area contributed by atoms with Gasteiger partial charge in [-0.05, 0) is 0 Å². The van der Waals surface area contributed by atoms with E-state index in [2.05, 4.69) is 5.32 Å². The molecule has 2 aliphatic rings. The predicted molar refractivity (Wildman–Crippen MR) is 44.2 cm³/mol. The monoisotopic (exact) mass is 187 g/mol. The van der Waals surface area contributed by atoms with Crippen molar-refractivity contribution in [3.8, 4) is 0 Å². The van der Waals surface area contributed by atoms with Crippen molar-refractivity contribution in [1.29, 1.82) is 0 Å². The lowest BCUT2D eigenvalue weighted by molar-refractivity contribution is -0.138. The number of rotatable bonds is 0. The summed E-state index contributed by atoms with van der Waals surface area (Å²) in [5.41, 5.74) is 0.205. The van der Waals surface area contributed by atoms with Gasteiger partial charge in [-0.15, -0.1) is 0 Å². The molecule has 0 aromatic heterocycles. The van der Waals surface area contributed by atoms with E-state index in [9.17, 15) is 4.79 Å².